The lowest BCUT2D eigenvalue weighted by atomic mass is 10.2. The van der Waals surface area contributed by atoms with E-state index in [0.29, 0.717) is 31.4 Å². The molecule has 0 radical (unpaired) electrons. The van der Waals surface area contributed by atoms with E-state index in [4.69, 9.17) is 0 Å². The number of rotatable bonds is 7. The number of hydrogen-bond acceptors (Lipinski definition) is 4. The van der Waals surface area contributed by atoms with E-state index in [-0.39, 0.29) is 11.5 Å². The number of hydrogen-bond donors (Lipinski definition) is 0. The highest BCUT2D eigenvalue weighted by molar-refractivity contribution is 5.83. The Balaban J connectivity index is 1.49. The number of aryl methyl sites for hydroxylation is 4. The zero-order chi connectivity index (χ0) is 23.5. The van der Waals surface area contributed by atoms with Crippen LogP contribution in [-0.2, 0) is 17.9 Å². The van der Waals surface area contributed by atoms with E-state index in [1.165, 1.54) is 4.68 Å². The van der Waals surface area contributed by atoms with Crippen molar-refractivity contribution in [2.45, 2.75) is 46.7 Å². The van der Waals surface area contributed by atoms with Crippen molar-refractivity contribution in [3.63, 3.8) is 0 Å². The normalized spacial score (nSPS) is 11.2. The van der Waals surface area contributed by atoms with E-state index in [1.807, 2.05) is 75.4 Å². The van der Waals surface area contributed by atoms with Gasteiger partial charge < -0.3 is 4.90 Å². The molecule has 0 saturated heterocycles. The van der Waals surface area contributed by atoms with Crippen molar-refractivity contribution in [2.24, 2.45) is 0 Å². The number of carbonyl (C=O) groups excluding carboxylic acids is 1. The Labute approximate surface area is 193 Å². The van der Waals surface area contributed by atoms with E-state index in [1.54, 1.807) is 16.6 Å². The van der Waals surface area contributed by atoms with Crippen molar-refractivity contribution in [1.29, 1.82) is 0 Å². The Hall–Kier alpha value is -3.74. The van der Waals surface area contributed by atoms with Crippen LogP contribution in [0.3, 0.4) is 0 Å². The van der Waals surface area contributed by atoms with Crippen molar-refractivity contribution >= 4 is 16.8 Å². The van der Waals surface area contributed by atoms with Crippen molar-refractivity contribution in [2.75, 3.05) is 7.05 Å². The summed E-state index contributed by atoms with van der Waals surface area (Å²) < 4.78 is 3.24. The molecule has 0 atom stereocenters. The summed E-state index contributed by atoms with van der Waals surface area (Å²) in [5.74, 6) is 0.0456. The largest absolute Gasteiger partial charge is 0.341 e. The highest BCUT2D eigenvalue weighted by Gasteiger charge is 2.18. The molecule has 0 aliphatic heterocycles. The van der Waals surface area contributed by atoms with Gasteiger partial charge in [-0.25, -0.2) is 9.36 Å². The summed E-state index contributed by atoms with van der Waals surface area (Å²) in [6.07, 6.45) is 0.888. The summed E-state index contributed by atoms with van der Waals surface area (Å²) in [5.41, 5.74) is 4.99. The van der Waals surface area contributed by atoms with Gasteiger partial charge in [0.15, 0.2) is 5.52 Å². The van der Waals surface area contributed by atoms with Gasteiger partial charge >= 0.3 is 0 Å². The Bertz CT molecular complexity index is 1340. The lowest BCUT2D eigenvalue weighted by Gasteiger charge is -2.17. The van der Waals surface area contributed by atoms with Gasteiger partial charge in [-0.05, 0) is 44.9 Å². The summed E-state index contributed by atoms with van der Waals surface area (Å²) >= 11 is 0. The fourth-order valence-electron chi connectivity index (χ4n) is 4.09. The molecule has 2 aromatic carbocycles. The molecule has 2 aromatic heterocycles. The predicted molar refractivity (Wildman–Crippen MR) is 129 cm³/mol. The highest BCUT2D eigenvalue weighted by Crippen LogP contribution is 2.21. The maximum atomic E-state index is 13.1. The third-order valence-corrected chi connectivity index (χ3v) is 5.91. The molecule has 0 fully saturated rings. The Morgan fingerprint density at radius 1 is 0.970 bits per heavy atom. The van der Waals surface area contributed by atoms with E-state index >= 15 is 0 Å². The molecule has 0 unspecified atom stereocenters. The molecule has 4 aromatic rings. The predicted octanol–water partition coefficient (Wildman–Crippen LogP) is 3.95. The van der Waals surface area contributed by atoms with E-state index in [2.05, 4.69) is 10.2 Å². The second-order valence-corrected chi connectivity index (χ2v) is 8.51. The molecular formula is C26H29N5O2. The van der Waals surface area contributed by atoms with E-state index in [0.717, 1.165) is 33.6 Å². The molecule has 7 heteroatoms. The second kappa shape index (κ2) is 9.40. The van der Waals surface area contributed by atoms with Gasteiger partial charge in [-0.3, -0.25) is 9.59 Å². The van der Waals surface area contributed by atoms with Gasteiger partial charge in [-0.15, -0.1) is 0 Å². The Morgan fingerprint density at radius 3 is 2.36 bits per heavy atom. The Morgan fingerprint density at radius 2 is 1.67 bits per heavy atom. The SMILES string of the molecule is Cc1ccc(-n2nc3c(=O)n(CCCC(=O)N(C)Cc4ccccc4)nc(C)c3c2C)cc1. The second-order valence-electron chi connectivity index (χ2n) is 8.51. The standard InChI is InChI=1S/C26H29N5O2/c1-18-12-14-22(15-13-18)31-20(3)24-19(2)27-30(26(33)25(24)28-31)16-8-11-23(32)29(4)17-21-9-6-5-7-10-21/h5-7,9-10,12-15H,8,11,16-17H2,1-4H3. The number of fused-ring (bicyclic) bond motifs is 1. The van der Waals surface area contributed by atoms with Crippen LogP contribution in [0.1, 0.15) is 35.4 Å². The topological polar surface area (TPSA) is 73.0 Å². The number of aromatic nitrogens is 4. The van der Waals surface area contributed by atoms with Crippen LogP contribution in [0.4, 0.5) is 0 Å². The molecule has 1 amide bonds. The summed E-state index contributed by atoms with van der Waals surface area (Å²) in [6, 6.07) is 17.9. The maximum absolute atomic E-state index is 13.1. The van der Waals surface area contributed by atoms with Crippen LogP contribution in [0, 0.1) is 20.8 Å². The lowest BCUT2D eigenvalue weighted by molar-refractivity contribution is -0.130. The zero-order valence-electron chi connectivity index (χ0n) is 19.6. The van der Waals surface area contributed by atoms with Crippen LogP contribution < -0.4 is 5.56 Å². The molecular weight excluding hydrogens is 414 g/mol. The highest BCUT2D eigenvalue weighted by atomic mass is 16.2. The number of benzene rings is 2. The van der Waals surface area contributed by atoms with Crippen LogP contribution in [0.15, 0.2) is 59.4 Å². The molecule has 2 heterocycles. The molecule has 0 spiro atoms. The van der Waals surface area contributed by atoms with Crippen LogP contribution in [0.25, 0.3) is 16.6 Å². The molecule has 0 saturated carbocycles. The van der Waals surface area contributed by atoms with Crippen LogP contribution in [0.5, 0.6) is 0 Å². The molecule has 170 valence electrons. The molecule has 0 bridgehead atoms. The first-order chi connectivity index (χ1) is 15.8. The molecule has 7 nitrogen and oxygen atoms in total. The number of nitrogens with zero attached hydrogens (tertiary/aromatic N) is 5. The third kappa shape index (κ3) is 4.72. The first-order valence-corrected chi connectivity index (χ1v) is 11.2. The molecule has 0 N–H and O–H groups in total. The third-order valence-electron chi connectivity index (χ3n) is 5.91. The van der Waals surface area contributed by atoms with Gasteiger partial charge in [0, 0.05) is 26.6 Å². The minimum Gasteiger partial charge on any atom is -0.341 e. The molecule has 0 aliphatic rings. The molecule has 33 heavy (non-hydrogen) atoms. The van der Waals surface area contributed by atoms with Gasteiger partial charge in [0.25, 0.3) is 5.56 Å². The van der Waals surface area contributed by atoms with E-state index < -0.39 is 0 Å². The average Bonchev–Trinajstić information content (AvgIpc) is 3.16. The lowest BCUT2D eigenvalue weighted by Crippen LogP contribution is -2.28. The van der Waals surface area contributed by atoms with Crippen molar-refractivity contribution in [3.05, 3.63) is 87.5 Å². The maximum Gasteiger partial charge on any atom is 0.295 e. The van der Waals surface area contributed by atoms with Gasteiger partial charge in [0.05, 0.1) is 22.5 Å². The van der Waals surface area contributed by atoms with Crippen molar-refractivity contribution < 1.29 is 4.79 Å². The fraction of sp³-hybridized carbons (Fsp3) is 0.308. The van der Waals surface area contributed by atoms with Gasteiger partial charge in [-0.2, -0.15) is 10.2 Å². The van der Waals surface area contributed by atoms with Crippen molar-refractivity contribution in [3.8, 4) is 5.69 Å². The molecule has 0 aliphatic carbocycles. The number of amides is 1. The molecule has 4 rings (SSSR count). The minimum absolute atomic E-state index is 0.0456. The first kappa shape index (κ1) is 22.5. The van der Waals surface area contributed by atoms with E-state index in [9.17, 15) is 9.59 Å². The first-order valence-electron chi connectivity index (χ1n) is 11.2. The minimum atomic E-state index is -0.227. The van der Waals surface area contributed by atoms with Crippen LogP contribution >= 0.6 is 0 Å². The van der Waals surface area contributed by atoms with Gasteiger partial charge in [0.1, 0.15) is 0 Å². The Kier molecular flexibility index (Phi) is 6.40. The van der Waals surface area contributed by atoms with Gasteiger partial charge in [0.2, 0.25) is 5.91 Å². The van der Waals surface area contributed by atoms with Crippen LogP contribution in [0.2, 0.25) is 0 Å². The summed E-state index contributed by atoms with van der Waals surface area (Å²) in [6.45, 7) is 6.82. The summed E-state index contributed by atoms with van der Waals surface area (Å²) in [4.78, 5) is 27.4. The summed E-state index contributed by atoms with van der Waals surface area (Å²) in [7, 11) is 1.80. The monoisotopic (exact) mass is 443 g/mol. The summed E-state index contributed by atoms with van der Waals surface area (Å²) in [5, 5.41) is 9.93. The van der Waals surface area contributed by atoms with Crippen LogP contribution in [-0.4, -0.2) is 37.4 Å². The fourth-order valence-corrected chi connectivity index (χ4v) is 4.09. The zero-order valence-corrected chi connectivity index (χ0v) is 19.6. The average molecular weight is 444 g/mol. The van der Waals surface area contributed by atoms with Gasteiger partial charge in [-0.1, -0.05) is 48.0 Å². The quantitative estimate of drug-likeness (QED) is 0.434. The van der Waals surface area contributed by atoms with Crippen molar-refractivity contribution in [1.82, 2.24) is 24.5 Å². The smallest absolute Gasteiger partial charge is 0.295 e. The number of carbonyl (C=O) groups is 1.